The van der Waals surface area contributed by atoms with E-state index in [-0.39, 0.29) is 5.91 Å². The molecule has 0 radical (unpaired) electrons. The van der Waals surface area contributed by atoms with Crippen LogP contribution in [0, 0.1) is 0 Å². The Morgan fingerprint density at radius 3 is 2.29 bits per heavy atom. The van der Waals surface area contributed by atoms with Crippen molar-refractivity contribution in [3.63, 3.8) is 0 Å². The lowest BCUT2D eigenvalue weighted by molar-refractivity contribution is 0.102. The first-order valence-electron chi connectivity index (χ1n) is 8.17. The fourth-order valence-electron chi connectivity index (χ4n) is 2.46. The van der Waals surface area contributed by atoms with E-state index in [9.17, 15) is 4.79 Å². The van der Waals surface area contributed by atoms with E-state index in [1.807, 2.05) is 31.2 Å². The zero-order valence-electron chi connectivity index (χ0n) is 14.3. The van der Waals surface area contributed by atoms with Gasteiger partial charge in [-0.1, -0.05) is 11.6 Å². The third-order valence-corrected chi connectivity index (χ3v) is 4.04. The molecule has 0 saturated carbocycles. The zero-order valence-corrected chi connectivity index (χ0v) is 15.1. The molecule has 0 aliphatic rings. The maximum atomic E-state index is 12.3. The van der Waals surface area contributed by atoms with Crippen LogP contribution in [-0.4, -0.2) is 25.6 Å². The number of nitrogens with one attached hydrogen (secondary N) is 1. The number of amides is 1. The number of hydrogen-bond donors (Lipinski definition) is 1. The average Bonchev–Trinajstić information content (AvgIpc) is 2.59. The summed E-state index contributed by atoms with van der Waals surface area (Å²) in [4.78, 5) is 14.6. The van der Waals surface area contributed by atoms with E-state index in [1.165, 1.54) is 0 Å². The monoisotopic (exact) mass is 346 g/mol. The van der Waals surface area contributed by atoms with Gasteiger partial charge in [0.2, 0.25) is 0 Å². The molecule has 0 atom stereocenters. The van der Waals surface area contributed by atoms with E-state index < -0.39 is 0 Å². The van der Waals surface area contributed by atoms with E-state index in [1.54, 1.807) is 18.2 Å². The normalized spacial score (nSPS) is 10.3. The van der Waals surface area contributed by atoms with Crippen LogP contribution in [0.5, 0.6) is 5.75 Å². The Labute approximate surface area is 148 Å². The molecule has 5 heteroatoms. The lowest BCUT2D eigenvalue weighted by Gasteiger charge is -2.21. The Balaban J connectivity index is 2.08. The fourth-order valence-corrected chi connectivity index (χ4v) is 2.70. The summed E-state index contributed by atoms with van der Waals surface area (Å²) < 4.78 is 5.38. The molecule has 0 bridgehead atoms. The van der Waals surface area contributed by atoms with Gasteiger partial charge in [0, 0.05) is 30.0 Å². The number of carbonyl (C=O) groups excluding carboxylic acids is 1. The molecule has 1 amide bonds. The summed E-state index contributed by atoms with van der Waals surface area (Å²) in [6, 6.07) is 12.9. The topological polar surface area (TPSA) is 41.6 Å². The zero-order chi connectivity index (χ0) is 17.5. The molecule has 0 aliphatic carbocycles. The van der Waals surface area contributed by atoms with Crippen LogP contribution in [0.4, 0.5) is 11.4 Å². The number of halogens is 1. The van der Waals surface area contributed by atoms with E-state index in [4.69, 9.17) is 16.3 Å². The van der Waals surface area contributed by atoms with Crippen LogP contribution < -0.4 is 15.0 Å². The van der Waals surface area contributed by atoms with Crippen LogP contribution in [0.3, 0.4) is 0 Å². The van der Waals surface area contributed by atoms with Crippen LogP contribution in [0.25, 0.3) is 0 Å². The smallest absolute Gasteiger partial charge is 0.255 e. The summed E-state index contributed by atoms with van der Waals surface area (Å²) in [5.74, 6) is 0.384. The Hall–Kier alpha value is -2.20. The van der Waals surface area contributed by atoms with Crippen molar-refractivity contribution in [3.8, 4) is 5.75 Å². The van der Waals surface area contributed by atoms with E-state index in [0.29, 0.717) is 22.9 Å². The Morgan fingerprint density at radius 1 is 1.08 bits per heavy atom. The van der Waals surface area contributed by atoms with Gasteiger partial charge in [-0.05, 0) is 63.2 Å². The Kier molecular flexibility index (Phi) is 6.50. The molecule has 24 heavy (non-hydrogen) atoms. The third kappa shape index (κ3) is 4.42. The first kappa shape index (κ1) is 18.1. The van der Waals surface area contributed by atoms with Crippen LogP contribution >= 0.6 is 11.6 Å². The second kappa shape index (κ2) is 8.60. The highest BCUT2D eigenvalue weighted by atomic mass is 35.5. The Bertz CT molecular complexity index is 682. The molecular formula is C19H23ClN2O2. The van der Waals surface area contributed by atoms with E-state index in [2.05, 4.69) is 24.1 Å². The number of benzene rings is 2. The van der Waals surface area contributed by atoms with Gasteiger partial charge in [-0.3, -0.25) is 4.79 Å². The van der Waals surface area contributed by atoms with Gasteiger partial charge in [-0.15, -0.1) is 0 Å². The standard InChI is InChI=1S/C19H23ClN2O2/c1-4-22(5-2)16-10-8-15(9-11-16)21-19(23)14-7-12-18(24-6-3)17(20)13-14/h7-13H,4-6H2,1-3H3,(H,21,23). The second-order valence-electron chi connectivity index (χ2n) is 5.25. The molecule has 2 aromatic carbocycles. The van der Waals surface area contributed by atoms with Crippen LogP contribution in [0.1, 0.15) is 31.1 Å². The van der Waals surface area contributed by atoms with Gasteiger partial charge in [0.25, 0.3) is 5.91 Å². The predicted molar refractivity (Wildman–Crippen MR) is 101 cm³/mol. The van der Waals surface area contributed by atoms with Gasteiger partial charge in [-0.25, -0.2) is 0 Å². The predicted octanol–water partition coefficient (Wildman–Crippen LogP) is 4.84. The third-order valence-electron chi connectivity index (χ3n) is 3.75. The van der Waals surface area contributed by atoms with Crippen molar-refractivity contribution in [2.45, 2.75) is 20.8 Å². The first-order chi connectivity index (χ1) is 11.6. The van der Waals surface area contributed by atoms with Crippen molar-refractivity contribution in [3.05, 3.63) is 53.1 Å². The molecule has 2 aromatic rings. The molecular weight excluding hydrogens is 324 g/mol. The summed E-state index contributed by atoms with van der Waals surface area (Å²) in [5, 5.41) is 3.31. The SMILES string of the molecule is CCOc1ccc(C(=O)Nc2ccc(N(CC)CC)cc2)cc1Cl. The van der Waals surface area contributed by atoms with Crippen molar-refractivity contribution in [1.29, 1.82) is 0 Å². The lowest BCUT2D eigenvalue weighted by atomic mass is 10.2. The van der Waals surface area contributed by atoms with Gasteiger partial charge in [0.05, 0.1) is 11.6 Å². The van der Waals surface area contributed by atoms with Crippen LogP contribution in [0.15, 0.2) is 42.5 Å². The highest BCUT2D eigenvalue weighted by Gasteiger charge is 2.10. The minimum atomic E-state index is -0.199. The molecule has 0 fully saturated rings. The highest BCUT2D eigenvalue weighted by Crippen LogP contribution is 2.26. The summed E-state index contributed by atoms with van der Waals surface area (Å²) in [6.45, 7) is 8.56. The van der Waals surface area contributed by atoms with Crippen molar-refractivity contribution < 1.29 is 9.53 Å². The maximum Gasteiger partial charge on any atom is 0.255 e. The molecule has 4 nitrogen and oxygen atoms in total. The number of nitrogens with zero attached hydrogens (tertiary/aromatic N) is 1. The quantitative estimate of drug-likeness (QED) is 0.780. The minimum absolute atomic E-state index is 0.199. The van der Waals surface area contributed by atoms with Crippen molar-refractivity contribution in [1.82, 2.24) is 0 Å². The number of hydrogen-bond acceptors (Lipinski definition) is 3. The fraction of sp³-hybridized carbons (Fsp3) is 0.316. The largest absolute Gasteiger partial charge is 0.492 e. The second-order valence-corrected chi connectivity index (χ2v) is 5.66. The summed E-state index contributed by atoms with van der Waals surface area (Å²) in [5.41, 5.74) is 2.39. The molecule has 0 spiro atoms. The van der Waals surface area contributed by atoms with Crippen LogP contribution in [-0.2, 0) is 0 Å². The molecule has 0 unspecified atom stereocenters. The van der Waals surface area contributed by atoms with Crippen molar-refractivity contribution >= 4 is 28.9 Å². The van der Waals surface area contributed by atoms with Gasteiger partial charge in [0.15, 0.2) is 0 Å². The average molecular weight is 347 g/mol. The summed E-state index contributed by atoms with van der Waals surface area (Å²) >= 11 is 6.13. The molecule has 0 heterocycles. The number of ether oxygens (including phenoxy) is 1. The van der Waals surface area contributed by atoms with E-state index >= 15 is 0 Å². The molecule has 128 valence electrons. The number of anilines is 2. The van der Waals surface area contributed by atoms with Crippen molar-refractivity contribution in [2.75, 3.05) is 29.9 Å². The number of carbonyl (C=O) groups is 1. The van der Waals surface area contributed by atoms with Crippen molar-refractivity contribution in [2.24, 2.45) is 0 Å². The number of rotatable bonds is 7. The maximum absolute atomic E-state index is 12.3. The Morgan fingerprint density at radius 2 is 1.75 bits per heavy atom. The van der Waals surface area contributed by atoms with Gasteiger partial charge >= 0.3 is 0 Å². The minimum Gasteiger partial charge on any atom is -0.492 e. The highest BCUT2D eigenvalue weighted by molar-refractivity contribution is 6.32. The molecule has 0 saturated heterocycles. The first-order valence-corrected chi connectivity index (χ1v) is 8.55. The molecule has 0 aromatic heterocycles. The molecule has 0 aliphatic heterocycles. The molecule has 2 rings (SSSR count). The summed E-state index contributed by atoms with van der Waals surface area (Å²) in [7, 11) is 0. The van der Waals surface area contributed by atoms with Crippen LogP contribution in [0.2, 0.25) is 5.02 Å². The molecule has 1 N–H and O–H groups in total. The summed E-state index contributed by atoms with van der Waals surface area (Å²) in [6.07, 6.45) is 0. The lowest BCUT2D eigenvalue weighted by Crippen LogP contribution is -2.21. The van der Waals surface area contributed by atoms with Gasteiger partial charge in [0.1, 0.15) is 5.75 Å². The van der Waals surface area contributed by atoms with E-state index in [0.717, 1.165) is 24.5 Å². The van der Waals surface area contributed by atoms with Gasteiger partial charge in [-0.2, -0.15) is 0 Å². The van der Waals surface area contributed by atoms with Gasteiger partial charge < -0.3 is 15.0 Å².